The molecule has 0 unspecified atom stereocenters. The Balaban J connectivity index is 1.72. The van der Waals surface area contributed by atoms with Gasteiger partial charge in [-0.2, -0.15) is 13.2 Å². The van der Waals surface area contributed by atoms with Gasteiger partial charge < -0.3 is 14.8 Å². The number of nitrogens with zero attached hydrogens (tertiary/aromatic N) is 1. The van der Waals surface area contributed by atoms with Gasteiger partial charge in [0, 0.05) is 12.7 Å². The normalized spacial score (nSPS) is 15.2. The van der Waals surface area contributed by atoms with Crippen molar-refractivity contribution in [1.29, 1.82) is 0 Å². The van der Waals surface area contributed by atoms with Crippen molar-refractivity contribution < 1.29 is 32.2 Å². The van der Waals surface area contributed by atoms with Crippen molar-refractivity contribution in [2.45, 2.75) is 6.18 Å². The van der Waals surface area contributed by atoms with Crippen molar-refractivity contribution in [2.75, 3.05) is 26.1 Å². The molecule has 1 heterocycles. The van der Waals surface area contributed by atoms with Crippen LogP contribution in [0.3, 0.4) is 0 Å². The molecule has 174 valence electrons. The van der Waals surface area contributed by atoms with E-state index in [0.717, 1.165) is 23.9 Å². The number of nitrogens with one attached hydrogen (secondary N) is 1. The number of thioether (sulfide) groups is 1. The second kappa shape index (κ2) is 10.0. The van der Waals surface area contributed by atoms with Gasteiger partial charge in [-0.1, -0.05) is 41.6 Å². The van der Waals surface area contributed by atoms with Crippen LogP contribution in [-0.4, -0.2) is 41.8 Å². The largest absolute Gasteiger partial charge is 0.493 e. The van der Waals surface area contributed by atoms with Crippen LogP contribution in [0.1, 0.15) is 11.1 Å². The standard InChI is InChI=1S/C21H16ClF3N2O4S2/c1-27-19(29)16(33-20(27)32)8-11-6-14(22)18(15(7-11)30-2)31-10-17(28)26-13-5-3-4-12(9-13)21(23,24)25/h3-9H,10H2,1-2H3,(H,26,28)/b16-8-. The van der Waals surface area contributed by atoms with E-state index in [0.29, 0.717) is 14.8 Å². The number of halogens is 4. The van der Waals surface area contributed by atoms with Crippen molar-refractivity contribution in [3.8, 4) is 11.5 Å². The first-order valence-corrected chi connectivity index (χ1v) is 10.8. The van der Waals surface area contributed by atoms with Crippen molar-refractivity contribution in [3.05, 3.63) is 57.5 Å². The third-order valence-electron chi connectivity index (χ3n) is 4.36. The molecular weight excluding hydrogens is 501 g/mol. The van der Waals surface area contributed by atoms with Gasteiger partial charge in [-0.25, -0.2) is 0 Å². The maximum absolute atomic E-state index is 12.8. The molecule has 1 N–H and O–H groups in total. The van der Waals surface area contributed by atoms with E-state index in [4.69, 9.17) is 33.3 Å². The van der Waals surface area contributed by atoms with Gasteiger partial charge in [0.15, 0.2) is 18.1 Å². The molecule has 1 aliphatic heterocycles. The minimum absolute atomic E-state index is 0.0277. The number of thiocarbonyl (C=S) groups is 1. The van der Waals surface area contributed by atoms with Gasteiger partial charge in [0.25, 0.3) is 11.8 Å². The molecule has 2 aromatic carbocycles. The minimum Gasteiger partial charge on any atom is -0.493 e. The summed E-state index contributed by atoms with van der Waals surface area (Å²) in [7, 11) is 2.95. The highest BCUT2D eigenvalue weighted by molar-refractivity contribution is 8.26. The molecule has 1 fully saturated rings. The second-order valence-electron chi connectivity index (χ2n) is 6.69. The molecule has 0 saturated carbocycles. The van der Waals surface area contributed by atoms with Gasteiger partial charge in [0.1, 0.15) is 4.32 Å². The second-order valence-corrected chi connectivity index (χ2v) is 8.77. The lowest BCUT2D eigenvalue weighted by atomic mass is 10.1. The molecule has 12 heteroatoms. The SMILES string of the molecule is COc1cc(/C=C2\SC(=S)N(C)C2=O)cc(Cl)c1OCC(=O)Nc1cccc(C(F)(F)F)c1. The molecule has 6 nitrogen and oxygen atoms in total. The third-order valence-corrected chi connectivity index (χ3v) is 6.12. The summed E-state index contributed by atoms with van der Waals surface area (Å²) in [5, 5.41) is 2.45. The molecular formula is C21H16ClF3N2O4S2. The lowest BCUT2D eigenvalue weighted by molar-refractivity contribution is -0.137. The molecule has 33 heavy (non-hydrogen) atoms. The van der Waals surface area contributed by atoms with E-state index in [1.807, 2.05) is 0 Å². The van der Waals surface area contributed by atoms with Crippen molar-refractivity contribution in [1.82, 2.24) is 4.90 Å². The fraction of sp³-hybridized carbons (Fsp3) is 0.190. The number of hydrogen-bond acceptors (Lipinski definition) is 6. The smallest absolute Gasteiger partial charge is 0.416 e. The number of carbonyl (C=O) groups is 2. The number of ether oxygens (including phenoxy) is 2. The molecule has 0 spiro atoms. The predicted octanol–water partition coefficient (Wildman–Crippen LogP) is 5.22. The van der Waals surface area contributed by atoms with Crippen molar-refractivity contribution >= 4 is 63.5 Å². The number of alkyl halides is 3. The summed E-state index contributed by atoms with van der Waals surface area (Å²) in [4.78, 5) is 26.1. The summed E-state index contributed by atoms with van der Waals surface area (Å²) in [6.45, 7) is -0.528. The highest BCUT2D eigenvalue weighted by Crippen LogP contribution is 2.39. The first kappa shape index (κ1) is 24.9. The van der Waals surface area contributed by atoms with Crippen LogP contribution in [0.25, 0.3) is 6.08 Å². The molecule has 2 amide bonds. The van der Waals surface area contributed by atoms with Gasteiger partial charge >= 0.3 is 6.18 Å². The number of methoxy groups -OCH3 is 1. The maximum Gasteiger partial charge on any atom is 0.416 e. The van der Waals surface area contributed by atoms with E-state index >= 15 is 0 Å². The van der Waals surface area contributed by atoms with E-state index in [9.17, 15) is 22.8 Å². The molecule has 0 radical (unpaired) electrons. The van der Waals surface area contributed by atoms with E-state index in [2.05, 4.69) is 5.32 Å². The predicted molar refractivity (Wildman–Crippen MR) is 125 cm³/mol. The van der Waals surface area contributed by atoms with Crippen LogP contribution in [0.2, 0.25) is 5.02 Å². The number of likely N-dealkylation sites (N-methyl/N-ethyl adjacent to an activating group) is 1. The number of hydrogen-bond donors (Lipinski definition) is 1. The Morgan fingerprint density at radius 1 is 1.30 bits per heavy atom. The van der Waals surface area contributed by atoms with E-state index in [-0.39, 0.29) is 28.1 Å². The van der Waals surface area contributed by atoms with Crippen LogP contribution in [-0.2, 0) is 15.8 Å². The van der Waals surface area contributed by atoms with Gasteiger partial charge in [-0.15, -0.1) is 0 Å². The van der Waals surface area contributed by atoms with Crippen LogP contribution >= 0.6 is 35.6 Å². The molecule has 0 aromatic heterocycles. The molecule has 2 aromatic rings. The Labute approximate surface area is 201 Å². The summed E-state index contributed by atoms with van der Waals surface area (Å²) in [6, 6.07) is 7.31. The first-order chi connectivity index (χ1) is 15.5. The van der Waals surface area contributed by atoms with E-state index in [1.165, 1.54) is 30.2 Å². The fourth-order valence-electron chi connectivity index (χ4n) is 2.77. The monoisotopic (exact) mass is 516 g/mol. The summed E-state index contributed by atoms with van der Waals surface area (Å²) in [5.74, 6) is -0.666. The molecule has 1 saturated heterocycles. The van der Waals surface area contributed by atoms with Gasteiger partial charge in [-0.3, -0.25) is 14.5 Å². The Kier molecular flexibility index (Phi) is 7.55. The first-order valence-electron chi connectivity index (χ1n) is 9.18. The molecule has 1 aliphatic rings. The maximum atomic E-state index is 12.8. The molecule has 0 aliphatic carbocycles. The van der Waals surface area contributed by atoms with Gasteiger partial charge in [-0.05, 0) is 42.0 Å². The van der Waals surface area contributed by atoms with Crippen LogP contribution in [0.4, 0.5) is 18.9 Å². The quantitative estimate of drug-likeness (QED) is 0.419. The van der Waals surface area contributed by atoms with Gasteiger partial charge in [0.2, 0.25) is 0 Å². The van der Waals surface area contributed by atoms with E-state index in [1.54, 1.807) is 19.2 Å². The zero-order valence-electron chi connectivity index (χ0n) is 17.2. The number of amides is 2. The zero-order valence-corrected chi connectivity index (χ0v) is 19.5. The van der Waals surface area contributed by atoms with Crippen molar-refractivity contribution in [2.24, 2.45) is 0 Å². The Bertz CT molecular complexity index is 1150. The Morgan fingerprint density at radius 3 is 2.64 bits per heavy atom. The van der Waals surface area contributed by atoms with E-state index < -0.39 is 24.3 Å². The minimum atomic E-state index is -4.53. The van der Waals surface area contributed by atoms with Gasteiger partial charge in [0.05, 0.1) is 22.6 Å². The lowest BCUT2D eigenvalue weighted by Crippen LogP contribution is -2.22. The number of carbonyl (C=O) groups excluding carboxylic acids is 2. The van der Waals surface area contributed by atoms with Crippen LogP contribution < -0.4 is 14.8 Å². The topological polar surface area (TPSA) is 67.9 Å². The number of anilines is 1. The summed E-state index contributed by atoms with van der Waals surface area (Å²) in [6.07, 6.45) is -2.93. The highest BCUT2D eigenvalue weighted by atomic mass is 35.5. The summed E-state index contributed by atoms with van der Waals surface area (Å²) < 4.78 is 49.6. The number of rotatable bonds is 6. The fourth-order valence-corrected chi connectivity index (χ4v) is 4.22. The summed E-state index contributed by atoms with van der Waals surface area (Å²) >= 11 is 12.5. The average molecular weight is 517 g/mol. The van der Waals surface area contributed by atoms with Crippen LogP contribution in [0.5, 0.6) is 11.5 Å². The Morgan fingerprint density at radius 2 is 2.03 bits per heavy atom. The molecule has 0 atom stereocenters. The zero-order chi connectivity index (χ0) is 24.3. The third kappa shape index (κ3) is 5.98. The molecule has 3 rings (SSSR count). The average Bonchev–Trinajstić information content (AvgIpc) is 2.98. The number of benzene rings is 2. The highest BCUT2D eigenvalue weighted by Gasteiger charge is 2.31. The lowest BCUT2D eigenvalue weighted by Gasteiger charge is -2.14. The van der Waals surface area contributed by atoms with Crippen molar-refractivity contribution in [3.63, 3.8) is 0 Å². The molecule has 0 bridgehead atoms. The van der Waals surface area contributed by atoms with Crippen LogP contribution in [0.15, 0.2) is 41.3 Å². The Hall–Kier alpha value is -2.76. The summed E-state index contributed by atoms with van der Waals surface area (Å²) in [5.41, 5.74) is -0.367. The van der Waals surface area contributed by atoms with Crippen LogP contribution in [0, 0.1) is 0 Å².